The number of ether oxygens (including phenoxy) is 2. The van der Waals surface area contributed by atoms with Gasteiger partial charge >= 0.3 is 0 Å². The number of likely N-dealkylation sites (tertiary alicyclic amines) is 1. The Morgan fingerprint density at radius 2 is 1.25 bits per heavy atom. The van der Waals surface area contributed by atoms with Gasteiger partial charge in [-0.15, -0.1) is 0 Å². The molecule has 0 aromatic heterocycles. The van der Waals surface area contributed by atoms with Crippen molar-refractivity contribution >= 4 is 13.5 Å². The van der Waals surface area contributed by atoms with Crippen molar-refractivity contribution in [3.63, 3.8) is 0 Å². The van der Waals surface area contributed by atoms with Gasteiger partial charge < -0.3 is 14.4 Å². The van der Waals surface area contributed by atoms with Gasteiger partial charge in [-0.1, -0.05) is 0 Å². The molecule has 0 atom stereocenters. The van der Waals surface area contributed by atoms with Crippen molar-refractivity contribution in [2.75, 3.05) is 82.3 Å². The molecule has 1 amide bonds. The van der Waals surface area contributed by atoms with Crippen molar-refractivity contribution in [1.29, 1.82) is 0 Å². The summed E-state index contributed by atoms with van der Waals surface area (Å²) in [6, 6.07) is 0. The Kier molecular flexibility index (Phi) is 11.7. The van der Waals surface area contributed by atoms with Crippen LogP contribution in [0.2, 0.25) is 0 Å². The molecular formula is C15H35N4O4P. The van der Waals surface area contributed by atoms with E-state index >= 15 is 0 Å². The minimum absolute atomic E-state index is 0.292. The van der Waals surface area contributed by atoms with Crippen LogP contribution in [0, 0.1) is 0 Å². The second-order valence-corrected chi connectivity index (χ2v) is 9.63. The molecule has 2 aliphatic rings. The molecule has 0 N–H and O–H groups in total. The van der Waals surface area contributed by atoms with Gasteiger partial charge in [0.2, 0.25) is 5.91 Å². The Morgan fingerprint density at radius 1 is 0.875 bits per heavy atom. The van der Waals surface area contributed by atoms with Crippen molar-refractivity contribution in [3.8, 4) is 0 Å². The first-order chi connectivity index (χ1) is 11.1. The Labute approximate surface area is 147 Å². The molecule has 8 nitrogen and oxygen atoms in total. The van der Waals surface area contributed by atoms with Crippen LogP contribution in [0.1, 0.15) is 12.8 Å². The van der Waals surface area contributed by atoms with Gasteiger partial charge in [0.15, 0.2) is 0 Å². The number of carbonyl (C=O) groups excluding carboxylic acids is 1. The van der Waals surface area contributed by atoms with Crippen molar-refractivity contribution in [1.82, 2.24) is 18.9 Å². The zero-order chi connectivity index (χ0) is 18.8. The van der Waals surface area contributed by atoms with Crippen LogP contribution in [-0.4, -0.2) is 107 Å². The van der Waals surface area contributed by atoms with Crippen molar-refractivity contribution in [2.24, 2.45) is 0 Å². The van der Waals surface area contributed by atoms with Gasteiger partial charge in [-0.2, -0.15) is 0 Å². The van der Waals surface area contributed by atoms with E-state index in [9.17, 15) is 9.36 Å². The number of nitrogens with zero attached hydrogens (tertiary/aromatic N) is 4. The van der Waals surface area contributed by atoms with Crippen LogP contribution < -0.4 is 0 Å². The van der Waals surface area contributed by atoms with E-state index in [1.165, 1.54) is 0 Å². The Balaban J connectivity index is 0.000000348. The van der Waals surface area contributed by atoms with Gasteiger partial charge in [0.1, 0.15) is 0 Å². The van der Waals surface area contributed by atoms with Gasteiger partial charge in [0, 0.05) is 20.0 Å². The standard InChI is InChI=1S/C6H18N3OP.C5H9NO.C4H8O2/c1-7(2)11(10,8(3)4)9(5)6;1-6-4-2-3-5(6)7;1-2-6-4-3-5-1/h1-6H3;2-4H2,1H3;1-4H2. The number of rotatable bonds is 3. The molecule has 0 radical (unpaired) electrons. The van der Waals surface area contributed by atoms with E-state index in [-0.39, 0.29) is 0 Å². The predicted octanol–water partition coefficient (Wildman–Crippen LogP) is 1.05. The smallest absolute Gasteiger partial charge is 0.285 e. The third-order valence-electron chi connectivity index (χ3n) is 3.62. The summed E-state index contributed by atoms with van der Waals surface area (Å²) in [4.78, 5) is 12.3. The summed E-state index contributed by atoms with van der Waals surface area (Å²) in [5.74, 6) is 0.292. The molecule has 2 fully saturated rings. The van der Waals surface area contributed by atoms with E-state index in [1.54, 1.807) is 18.9 Å². The summed E-state index contributed by atoms with van der Waals surface area (Å²) in [5, 5.41) is 0. The molecule has 9 heteroatoms. The molecule has 2 aliphatic heterocycles. The van der Waals surface area contributed by atoms with E-state index in [2.05, 4.69) is 0 Å². The fraction of sp³-hybridized carbons (Fsp3) is 0.933. The molecule has 0 bridgehead atoms. The molecular weight excluding hydrogens is 331 g/mol. The van der Waals surface area contributed by atoms with E-state index < -0.39 is 7.59 Å². The summed E-state index contributed by atoms with van der Waals surface area (Å²) in [7, 11) is 10.3. The SMILES string of the molecule is C1COCCO1.CN(C)P(=O)(N(C)C)N(C)C.CN1CCCC1=O. The molecule has 2 saturated heterocycles. The average Bonchev–Trinajstić information content (AvgIpc) is 2.92. The lowest BCUT2D eigenvalue weighted by Crippen LogP contribution is -2.30. The van der Waals surface area contributed by atoms with Crippen LogP contribution in [0.15, 0.2) is 0 Å². The number of hydrogen-bond donors (Lipinski definition) is 0. The first kappa shape index (κ1) is 23.5. The largest absolute Gasteiger partial charge is 0.377 e. The van der Waals surface area contributed by atoms with E-state index in [4.69, 9.17) is 9.47 Å². The highest BCUT2D eigenvalue weighted by Crippen LogP contribution is 2.50. The Morgan fingerprint density at radius 3 is 1.33 bits per heavy atom. The fourth-order valence-electron chi connectivity index (χ4n) is 2.30. The zero-order valence-corrected chi connectivity index (χ0v) is 17.2. The highest BCUT2D eigenvalue weighted by molar-refractivity contribution is 7.56. The van der Waals surface area contributed by atoms with E-state index in [0.29, 0.717) is 5.91 Å². The summed E-state index contributed by atoms with van der Waals surface area (Å²) < 4.78 is 27.2. The molecule has 2 rings (SSSR count). The highest BCUT2D eigenvalue weighted by atomic mass is 31.2. The molecule has 0 unspecified atom stereocenters. The van der Waals surface area contributed by atoms with Gasteiger partial charge in [-0.05, 0) is 48.7 Å². The minimum Gasteiger partial charge on any atom is -0.377 e. The molecule has 24 heavy (non-hydrogen) atoms. The van der Waals surface area contributed by atoms with Crippen LogP contribution in [0.25, 0.3) is 0 Å². The monoisotopic (exact) mass is 366 g/mol. The quantitative estimate of drug-likeness (QED) is 0.692. The Hall–Kier alpha value is -0.500. The summed E-state index contributed by atoms with van der Waals surface area (Å²) >= 11 is 0. The third kappa shape index (κ3) is 8.05. The maximum atomic E-state index is 12.1. The lowest BCUT2D eigenvalue weighted by Gasteiger charge is -2.34. The second kappa shape index (κ2) is 12.0. The molecule has 0 aromatic rings. The highest BCUT2D eigenvalue weighted by Gasteiger charge is 2.30. The predicted molar refractivity (Wildman–Crippen MR) is 97.2 cm³/mol. The normalized spacial score (nSPS) is 18.4. The molecule has 0 spiro atoms. The molecule has 144 valence electrons. The van der Waals surface area contributed by atoms with Crippen LogP contribution >= 0.6 is 7.59 Å². The van der Waals surface area contributed by atoms with Crippen LogP contribution in [0.5, 0.6) is 0 Å². The minimum atomic E-state index is -2.44. The van der Waals surface area contributed by atoms with Crippen molar-refractivity contribution < 1.29 is 18.8 Å². The van der Waals surface area contributed by atoms with Gasteiger partial charge in [0.25, 0.3) is 7.59 Å². The van der Waals surface area contributed by atoms with Gasteiger partial charge in [0.05, 0.1) is 26.4 Å². The molecule has 0 aliphatic carbocycles. The number of amides is 1. The first-order valence-electron chi connectivity index (χ1n) is 8.17. The fourth-order valence-corrected chi connectivity index (χ4v) is 4.44. The summed E-state index contributed by atoms with van der Waals surface area (Å²) in [6.07, 6.45) is 1.81. The molecule has 0 aromatic carbocycles. The van der Waals surface area contributed by atoms with Crippen LogP contribution in [0.3, 0.4) is 0 Å². The number of carbonyl (C=O) groups is 1. The van der Waals surface area contributed by atoms with Gasteiger partial charge in [-0.3, -0.25) is 9.36 Å². The summed E-state index contributed by atoms with van der Waals surface area (Å²) in [6.45, 7) is 4.07. The molecule has 0 saturated carbocycles. The van der Waals surface area contributed by atoms with Crippen molar-refractivity contribution in [2.45, 2.75) is 12.8 Å². The maximum Gasteiger partial charge on any atom is 0.285 e. The maximum absolute atomic E-state index is 12.1. The average molecular weight is 366 g/mol. The topological polar surface area (TPSA) is 65.6 Å². The number of hydrogen-bond acceptors (Lipinski definition) is 4. The van der Waals surface area contributed by atoms with Crippen LogP contribution in [-0.2, 0) is 18.8 Å². The summed E-state index contributed by atoms with van der Waals surface area (Å²) in [5.41, 5.74) is 0. The lowest BCUT2D eigenvalue weighted by atomic mass is 10.4. The van der Waals surface area contributed by atoms with E-state index in [0.717, 1.165) is 45.8 Å². The molecule has 2 heterocycles. The first-order valence-corrected chi connectivity index (χ1v) is 9.73. The van der Waals surface area contributed by atoms with Gasteiger partial charge in [-0.25, -0.2) is 14.0 Å². The second-order valence-electron chi connectivity index (χ2n) is 6.20. The zero-order valence-electron chi connectivity index (χ0n) is 16.3. The van der Waals surface area contributed by atoms with Crippen LogP contribution in [0.4, 0.5) is 0 Å². The lowest BCUT2D eigenvalue weighted by molar-refractivity contribution is -0.126. The van der Waals surface area contributed by atoms with Crippen molar-refractivity contribution in [3.05, 3.63) is 0 Å². The van der Waals surface area contributed by atoms with E-state index in [1.807, 2.05) is 49.3 Å². The Bertz CT molecular complexity index is 361. The third-order valence-corrected chi connectivity index (χ3v) is 6.74.